The lowest BCUT2D eigenvalue weighted by molar-refractivity contribution is 0.122. The third-order valence-corrected chi connectivity index (χ3v) is 6.19. The molecule has 1 saturated heterocycles. The molecular weight excluding hydrogens is 420 g/mol. The van der Waals surface area contributed by atoms with Crippen LogP contribution in [0.25, 0.3) is 22.2 Å². The number of anilines is 3. The van der Waals surface area contributed by atoms with Gasteiger partial charge in [0.05, 0.1) is 18.6 Å². The van der Waals surface area contributed by atoms with Crippen LogP contribution in [-0.2, 0) is 4.74 Å². The molecule has 1 fully saturated rings. The standard InChI is InChI=1S/C24H26N6OS/c1-16-4-3-5-17(14-16)20-15-26-22-21(20)23(30-10-12-31-13-11-30)29-24(28-22)27-18-6-8-19(9-7-18)32-25-2/h3-9,14-15,25H,10-13H2,1-2H3,(H2,26,27,28,29). The van der Waals surface area contributed by atoms with Gasteiger partial charge in [0.2, 0.25) is 5.95 Å². The molecule has 7 nitrogen and oxygen atoms in total. The van der Waals surface area contributed by atoms with Gasteiger partial charge in [-0.05, 0) is 55.7 Å². The summed E-state index contributed by atoms with van der Waals surface area (Å²) in [5.74, 6) is 1.51. The first-order valence-electron chi connectivity index (χ1n) is 10.7. The van der Waals surface area contributed by atoms with Crippen LogP contribution in [0.3, 0.4) is 0 Å². The minimum Gasteiger partial charge on any atom is -0.378 e. The van der Waals surface area contributed by atoms with Crippen molar-refractivity contribution in [1.82, 2.24) is 19.7 Å². The number of ether oxygens (including phenoxy) is 1. The number of fused-ring (bicyclic) bond motifs is 1. The topological polar surface area (TPSA) is 78.1 Å². The summed E-state index contributed by atoms with van der Waals surface area (Å²) >= 11 is 1.58. The van der Waals surface area contributed by atoms with Crippen LogP contribution in [0.15, 0.2) is 59.6 Å². The molecule has 0 amide bonds. The largest absolute Gasteiger partial charge is 0.378 e. The van der Waals surface area contributed by atoms with E-state index in [1.54, 1.807) is 11.9 Å². The molecule has 2 aromatic carbocycles. The SMILES string of the molecule is CNSc1ccc(Nc2nc(N3CCOCC3)c3c(-c4cccc(C)c4)c[nH]c3n2)cc1. The number of aromatic amines is 1. The Bertz CT molecular complexity index is 1220. The van der Waals surface area contributed by atoms with Gasteiger partial charge in [0.1, 0.15) is 11.5 Å². The van der Waals surface area contributed by atoms with Crippen molar-refractivity contribution in [1.29, 1.82) is 0 Å². The van der Waals surface area contributed by atoms with Gasteiger partial charge in [-0.1, -0.05) is 29.8 Å². The molecule has 8 heteroatoms. The highest BCUT2D eigenvalue weighted by atomic mass is 32.2. The second kappa shape index (κ2) is 9.20. The van der Waals surface area contributed by atoms with Crippen LogP contribution < -0.4 is 14.9 Å². The Labute approximate surface area is 191 Å². The van der Waals surface area contributed by atoms with Gasteiger partial charge in [0.15, 0.2) is 0 Å². The first-order valence-corrected chi connectivity index (χ1v) is 11.5. The van der Waals surface area contributed by atoms with Crippen LogP contribution >= 0.6 is 11.9 Å². The number of aryl methyl sites for hydroxylation is 1. The van der Waals surface area contributed by atoms with Gasteiger partial charge in [-0.25, -0.2) is 0 Å². The van der Waals surface area contributed by atoms with E-state index in [1.807, 2.05) is 25.4 Å². The highest BCUT2D eigenvalue weighted by Crippen LogP contribution is 2.36. The molecule has 0 saturated carbocycles. The van der Waals surface area contributed by atoms with Crippen molar-refractivity contribution in [2.45, 2.75) is 11.8 Å². The molecule has 0 unspecified atom stereocenters. The van der Waals surface area contributed by atoms with Crippen molar-refractivity contribution in [3.8, 4) is 11.1 Å². The zero-order valence-electron chi connectivity index (χ0n) is 18.2. The lowest BCUT2D eigenvalue weighted by Crippen LogP contribution is -2.37. The molecule has 4 aromatic rings. The molecule has 1 aliphatic rings. The van der Waals surface area contributed by atoms with Gasteiger partial charge >= 0.3 is 0 Å². The van der Waals surface area contributed by atoms with Gasteiger partial charge in [0, 0.05) is 35.4 Å². The van der Waals surface area contributed by atoms with Crippen LogP contribution in [0.5, 0.6) is 0 Å². The molecule has 0 atom stereocenters. The molecule has 2 aromatic heterocycles. The minimum atomic E-state index is 0.575. The monoisotopic (exact) mass is 446 g/mol. The van der Waals surface area contributed by atoms with Gasteiger partial charge < -0.3 is 19.9 Å². The number of nitrogens with zero attached hydrogens (tertiary/aromatic N) is 3. The number of hydrogen-bond donors (Lipinski definition) is 3. The fourth-order valence-electron chi connectivity index (χ4n) is 3.97. The van der Waals surface area contributed by atoms with Crippen molar-refractivity contribution in [2.24, 2.45) is 0 Å². The van der Waals surface area contributed by atoms with Gasteiger partial charge in [0.25, 0.3) is 0 Å². The molecule has 32 heavy (non-hydrogen) atoms. The van der Waals surface area contributed by atoms with Gasteiger partial charge in [-0.15, -0.1) is 0 Å². The van der Waals surface area contributed by atoms with Crippen LogP contribution in [-0.4, -0.2) is 48.3 Å². The maximum Gasteiger partial charge on any atom is 0.231 e. The summed E-state index contributed by atoms with van der Waals surface area (Å²) in [5.41, 5.74) is 5.27. The zero-order chi connectivity index (χ0) is 21.9. The second-order valence-electron chi connectivity index (χ2n) is 7.72. The third-order valence-electron chi connectivity index (χ3n) is 5.48. The van der Waals surface area contributed by atoms with Crippen molar-refractivity contribution in [3.63, 3.8) is 0 Å². The van der Waals surface area contributed by atoms with E-state index in [-0.39, 0.29) is 0 Å². The summed E-state index contributed by atoms with van der Waals surface area (Å²) in [6, 6.07) is 16.7. The van der Waals surface area contributed by atoms with Gasteiger partial charge in [-0.3, -0.25) is 4.72 Å². The number of morpholine rings is 1. The van der Waals surface area contributed by atoms with Crippen LogP contribution in [0.4, 0.5) is 17.5 Å². The lowest BCUT2D eigenvalue weighted by Gasteiger charge is -2.28. The maximum atomic E-state index is 5.59. The number of hydrogen-bond acceptors (Lipinski definition) is 7. The highest BCUT2D eigenvalue weighted by Gasteiger charge is 2.21. The molecule has 0 radical (unpaired) electrons. The summed E-state index contributed by atoms with van der Waals surface area (Å²) in [5, 5.41) is 4.42. The molecule has 164 valence electrons. The van der Waals surface area contributed by atoms with Crippen molar-refractivity contribution < 1.29 is 4.74 Å². The minimum absolute atomic E-state index is 0.575. The van der Waals surface area contributed by atoms with Crippen molar-refractivity contribution in [3.05, 3.63) is 60.3 Å². The predicted octanol–water partition coefficient (Wildman–Crippen LogP) is 4.74. The highest BCUT2D eigenvalue weighted by molar-refractivity contribution is 7.97. The van der Waals surface area contributed by atoms with E-state index in [4.69, 9.17) is 14.7 Å². The maximum absolute atomic E-state index is 5.59. The van der Waals surface area contributed by atoms with Crippen LogP contribution in [0, 0.1) is 6.92 Å². The number of benzene rings is 2. The number of H-pyrrole nitrogens is 1. The lowest BCUT2D eigenvalue weighted by atomic mass is 10.0. The van der Waals surface area contributed by atoms with Gasteiger partial charge in [-0.2, -0.15) is 9.97 Å². The Morgan fingerprint density at radius 2 is 1.88 bits per heavy atom. The Balaban J connectivity index is 1.57. The number of rotatable bonds is 6. The molecule has 5 rings (SSSR count). The van der Waals surface area contributed by atoms with E-state index >= 15 is 0 Å². The van der Waals surface area contributed by atoms with Crippen LogP contribution in [0.2, 0.25) is 0 Å². The molecule has 3 N–H and O–H groups in total. The van der Waals surface area contributed by atoms with E-state index in [9.17, 15) is 0 Å². The summed E-state index contributed by atoms with van der Waals surface area (Å²) in [4.78, 5) is 16.6. The quantitative estimate of drug-likeness (QED) is 0.369. The Morgan fingerprint density at radius 3 is 2.62 bits per heavy atom. The summed E-state index contributed by atoms with van der Waals surface area (Å²) in [6.45, 7) is 5.12. The number of nitrogens with one attached hydrogen (secondary N) is 3. The average Bonchev–Trinajstić information content (AvgIpc) is 3.25. The first kappa shape index (κ1) is 20.8. The molecular formula is C24H26N6OS. The van der Waals surface area contributed by atoms with Crippen molar-refractivity contribution in [2.75, 3.05) is 43.6 Å². The van der Waals surface area contributed by atoms with E-state index in [2.05, 4.69) is 63.2 Å². The van der Waals surface area contributed by atoms with E-state index < -0.39 is 0 Å². The van der Waals surface area contributed by atoms with E-state index in [1.165, 1.54) is 5.56 Å². The van der Waals surface area contributed by atoms with Crippen LogP contribution in [0.1, 0.15) is 5.56 Å². The fraction of sp³-hybridized carbons (Fsp3) is 0.250. The average molecular weight is 447 g/mol. The normalized spacial score (nSPS) is 14.1. The number of aromatic nitrogens is 3. The Kier molecular flexibility index (Phi) is 5.98. The molecule has 1 aliphatic heterocycles. The summed E-state index contributed by atoms with van der Waals surface area (Å²) in [6.07, 6.45) is 2.03. The first-order chi connectivity index (χ1) is 15.7. The summed E-state index contributed by atoms with van der Waals surface area (Å²) < 4.78 is 8.67. The van der Waals surface area contributed by atoms with E-state index in [0.717, 1.165) is 51.7 Å². The van der Waals surface area contributed by atoms with Crippen molar-refractivity contribution >= 4 is 40.4 Å². The fourth-order valence-corrected chi connectivity index (χ4v) is 4.48. The second-order valence-corrected chi connectivity index (χ2v) is 8.81. The molecule has 0 spiro atoms. The third kappa shape index (κ3) is 4.29. The smallest absolute Gasteiger partial charge is 0.231 e. The summed E-state index contributed by atoms with van der Waals surface area (Å²) in [7, 11) is 1.91. The zero-order valence-corrected chi connectivity index (χ0v) is 19.0. The van der Waals surface area contributed by atoms with E-state index in [0.29, 0.717) is 19.2 Å². The Morgan fingerprint density at radius 1 is 1.06 bits per heavy atom. The molecule has 0 aliphatic carbocycles. The molecule has 0 bridgehead atoms. The Hall–Kier alpha value is -3.07. The predicted molar refractivity (Wildman–Crippen MR) is 132 cm³/mol. The molecule has 3 heterocycles.